The van der Waals surface area contributed by atoms with E-state index >= 15 is 0 Å². The SMILES string of the molecule is Cc1cccc(NC(=O)c2cc(S(=O)(=O)N3CCOCC3)cn2C)n1. The van der Waals surface area contributed by atoms with Crippen LogP contribution in [0, 0.1) is 6.92 Å². The lowest BCUT2D eigenvalue weighted by molar-refractivity contribution is 0.0730. The highest BCUT2D eigenvalue weighted by Crippen LogP contribution is 2.20. The van der Waals surface area contributed by atoms with Gasteiger partial charge in [-0.05, 0) is 25.1 Å². The van der Waals surface area contributed by atoms with E-state index in [4.69, 9.17) is 4.74 Å². The van der Waals surface area contributed by atoms with Crippen LogP contribution in [-0.2, 0) is 21.8 Å². The molecule has 0 aromatic carbocycles. The minimum absolute atomic E-state index is 0.0965. The predicted molar refractivity (Wildman–Crippen MR) is 91.9 cm³/mol. The van der Waals surface area contributed by atoms with E-state index in [0.29, 0.717) is 32.1 Å². The highest BCUT2D eigenvalue weighted by molar-refractivity contribution is 7.89. The Balaban J connectivity index is 1.83. The predicted octanol–water partition coefficient (Wildman–Crippen LogP) is 1.00. The van der Waals surface area contributed by atoms with Gasteiger partial charge in [0, 0.05) is 32.0 Å². The Kier molecular flexibility index (Phi) is 4.89. The number of ether oxygens (including phenoxy) is 1. The molecule has 2 aromatic rings. The second-order valence-corrected chi connectivity index (χ2v) is 7.74. The minimum atomic E-state index is -3.64. The van der Waals surface area contributed by atoms with Crippen LogP contribution < -0.4 is 5.32 Å². The van der Waals surface area contributed by atoms with Crippen molar-refractivity contribution < 1.29 is 17.9 Å². The fourth-order valence-corrected chi connectivity index (χ4v) is 4.11. The molecule has 2 aromatic heterocycles. The number of morpholine rings is 1. The maximum atomic E-state index is 12.7. The molecule has 9 heteroatoms. The van der Waals surface area contributed by atoms with Crippen LogP contribution in [0.2, 0.25) is 0 Å². The Morgan fingerprint density at radius 3 is 2.68 bits per heavy atom. The average molecular weight is 364 g/mol. The minimum Gasteiger partial charge on any atom is -0.379 e. The summed E-state index contributed by atoms with van der Waals surface area (Å²) in [6.45, 7) is 3.19. The van der Waals surface area contributed by atoms with Crippen molar-refractivity contribution in [1.82, 2.24) is 13.9 Å². The van der Waals surface area contributed by atoms with E-state index in [1.807, 2.05) is 13.0 Å². The third-order valence-corrected chi connectivity index (χ3v) is 5.81. The number of nitrogens with zero attached hydrogens (tertiary/aromatic N) is 3. The van der Waals surface area contributed by atoms with Crippen molar-refractivity contribution in [2.75, 3.05) is 31.6 Å². The van der Waals surface area contributed by atoms with Gasteiger partial charge in [-0.2, -0.15) is 4.31 Å². The van der Waals surface area contributed by atoms with Gasteiger partial charge in [0.15, 0.2) is 0 Å². The van der Waals surface area contributed by atoms with Gasteiger partial charge in [-0.25, -0.2) is 13.4 Å². The molecule has 134 valence electrons. The van der Waals surface area contributed by atoms with Gasteiger partial charge in [-0.3, -0.25) is 4.79 Å². The Bertz CT molecular complexity index is 885. The molecule has 1 saturated heterocycles. The molecule has 0 saturated carbocycles. The first kappa shape index (κ1) is 17.6. The lowest BCUT2D eigenvalue weighted by atomic mass is 10.3. The molecule has 25 heavy (non-hydrogen) atoms. The summed E-state index contributed by atoms with van der Waals surface area (Å²) in [6.07, 6.45) is 1.45. The Morgan fingerprint density at radius 2 is 2.00 bits per heavy atom. The molecule has 0 atom stereocenters. The monoisotopic (exact) mass is 364 g/mol. The fourth-order valence-electron chi connectivity index (χ4n) is 2.63. The van der Waals surface area contributed by atoms with Crippen LogP contribution in [0.15, 0.2) is 35.4 Å². The molecular formula is C16H20N4O4S. The van der Waals surface area contributed by atoms with Gasteiger partial charge in [-0.15, -0.1) is 0 Å². The summed E-state index contributed by atoms with van der Waals surface area (Å²) in [4.78, 5) is 16.8. The van der Waals surface area contributed by atoms with Crippen LogP contribution in [0.3, 0.4) is 0 Å². The lowest BCUT2D eigenvalue weighted by Gasteiger charge is -2.25. The first-order chi connectivity index (χ1) is 11.9. The van der Waals surface area contributed by atoms with Crippen molar-refractivity contribution in [3.63, 3.8) is 0 Å². The summed E-state index contributed by atoms with van der Waals surface area (Å²) in [5, 5.41) is 2.68. The van der Waals surface area contributed by atoms with E-state index in [-0.39, 0.29) is 10.6 Å². The maximum absolute atomic E-state index is 12.7. The summed E-state index contributed by atoms with van der Waals surface area (Å²) in [5.74, 6) is 0.00724. The number of amides is 1. The van der Waals surface area contributed by atoms with E-state index in [1.165, 1.54) is 21.1 Å². The zero-order valence-electron chi connectivity index (χ0n) is 14.1. The van der Waals surface area contributed by atoms with Gasteiger partial charge in [0.1, 0.15) is 16.4 Å². The Labute approximate surface area is 146 Å². The number of hydrogen-bond donors (Lipinski definition) is 1. The largest absolute Gasteiger partial charge is 0.379 e. The van der Waals surface area contributed by atoms with Crippen LogP contribution in [0.25, 0.3) is 0 Å². The van der Waals surface area contributed by atoms with Gasteiger partial charge >= 0.3 is 0 Å². The average Bonchev–Trinajstić information content (AvgIpc) is 2.98. The first-order valence-electron chi connectivity index (χ1n) is 7.87. The molecule has 3 heterocycles. The van der Waals surface area contributed by atoms with Crippen molar-refractivity contribution in [2.24, 2.45) is 7.05 Å². The number of hydrogen-bond acceptors (Lipinski definition) is 5. The third-order valence-electron chi connectivity index (χ3n) is 3.95. The van der Waals surface area contributed by atoms with Crippen LogP contribution in [0.5, 0.6) is 0 Å². The molecule has 0 aliphatic carbocycles. The summed E-state index contributed by atoms with van der Waals surface area (Å²) < 4.78 is 33.4. The number of pyridine rings is 1. The standard InChI is InChI=1S/C16H20N4O4S/c1-12-4-3-5-15(17-12)18-16(21)14-10-13(11-19(14)2)25(22,23)20-6-8-24-9-7-20/h3-5,10-11H,6-9H2,1-2H3,(H,17,18,21). The van der Waals surface area contributed by atoms with Gasteiger partial charge in [0.25, 0.3) is 5.91 Å². The molecular weight excluding hydrogens is 344 g/mol. The van der Waals surface area contributed by atoms with Crippen LogP contribution in [0.4, 0.5) is 5.82 Å². The molecule has 0 radical (unpaired) electrons. The van der Waals surface area contributed by atoms with Crippen molar-refractivity contribution in [3.05, 3.63) is 41.9 Å². The molecule has 1 N–H and O–H groups in total. The summed E-state index contributed by atoms with van der Waals surface area (Å²) in [6, 6.07) is 6.68. The van der Waals surface area contributed by atoms with Crippen LogP contribution in [0.1, 0.15) is 16.2 Å². The molecule has 0 spiro atoms. The Morgan fingerprint density at radius 1 is 1.28 bits per heavy atom. The number of carbonyl (C=O) groups is 1. The van der Waals surface area contributed by atoms with Crippen LogP contribution >= 0.6 is 0 Å². The van der Waals surface area contributed by atoms with Gasteiger partial charge < -0.3 is 14.6 Å². The second kappa shape index (κ2) is 6.95. The molecule has 8 nitrogen and oxygen atoms in total. The van der Waals surface area contributed by atoms with E-state index in [0.717, 1.165) is 5.69 Å². The van der Waals surface area contributed by atoms with Gasteiger partial charge in [-0.1, -0.05) is 6.07 Å². The van der Waals surface area contributed by atoms with Crippen molar-refractivity contribution >= 4 is 21.7 Å². The van der Waals surface area contributed by atoms with E-state index in [1.54, 1.807) is 19.2 Å². The number of rotatable bonds is 4. The number of nitrogens with one attached hydrogen (secondary N) is 1. The summed E-state index contributed by atoms with van der Waals surface area (Å²) in [5.41, 5.74) is 1.02. The highest BCUT2D eigenvalue weighted by atomic mass is 32.2. The molecule has 1 aliphatic rings. The molecule has 1 amide bonds. The van der Waals surface area contributed by atoms with Crippen LogP contribution in [-0.4, -0.2) is 54.5 Å². The zero-order chi connectivity index (χ0) is 18.0. The normalized spacial score (nSPS) is 15.9. The van der Waals surface area contributed by atoms with E-state index in [2.05, 4.69) is 10.3 Å². The van der Waals surface area contributed by atoms with E-state index in [9.17, 15) is 13.2 Å². The third kappa shape index (κ3) is 3.73. The number of carbonyl (C=O) groups excluding carboxylic acids is 1. The quantitative estimate of drug-likeness (QED) is 0.874. The zero-order valence-corrected chi connectivity index (χ0v) is 14.9. The maximum Gasteiger partial charge on any atom is 0.273 e. The highest BCUT2D eigenvalue weighted by Gasteiger charge is 2.28. The Hall–Kier alpha value is -2.23. The van der Waals surface area contributed by atoms with E-state index < -0.39 is 15.9 Å². The second-order valence-electron chi connectivity index (χ2n) is 5.81. The van der Waals surface area contributed by atoms with Crippen molar-refractivity contribution in [1.29, 1.82) is 0 Å². The number of aryl methyl sites for hydroxylation is 2. The van der Waals surface area contributed by atoms with Gasteiger partial charge in [0.05, 0.1) is 13.2 Å². The first-order valence-corrected chi connectivity index (χ1v) is 9.31. The topological polar surface area (TPSA) is 93.5 Å². The molecule has 0 bridgehead atoms. The fraction of sp³-hybridized carbons (Fsp3) is 0.375. The number of aromatic nitrogens is 2. The van der Waals surface area contributed by atoms with Crippen molar-refractivity contribution in [3.8, 4) is 0 Å². The lowest BCUT2D eigenvalue weighted by Crippen LogP contribution is -2.40. The molecule has 1 aliphatic heterocycles. The van der Waals surface area contributed by atoms with Crippen molar-refractivity contribution in [2.45, 2.75) is 11.8 Å². The smallest absolute Gasteiger partial charge is 0.273 e. The van der Waals surface area contributed by atoms with Gasteiger partial charge in [0.2, 0.25) is 10.0 Å². The molecule has 0 unspecified atom stereocenters. The number of sulfonamides is 1. The summed E-state index contributed by atoms with van der Waals surface area (Å²) in [7, 11) is -2.00. The molecule has 3 rings (SSSR count). The molecule has 1 fully saturated rings. The summed E-state index contributed by atoms with van der Waals surface area (Å²) >= 11 is 0. The number of anilines is 1.